The van der Waals surface area contributed by atoms with E-state index in [1.54, 1.807) is 6.92 Å². The van der Waals surface area contributed by atoms with Crippen LogP contribution in [0.3, 0.4) is 0 Å². The quantitative estimate of drug-likeness (QED) is 0.790. The van der Waals surface area contributed by atoms with Gasteiger partial charge in [0.15, 0.2) is 0 Å². The van der Waals surface area contributed by atoms with Crippen LogP contribution in [0.1, 0.15) is 29.9 Å². The van der Waals surface area contributed by atoms with E-state index in [9.17, 15) is 14.0 Å². The minimum absolute atomic E-state index is 0.166. The Bertz CT molecular complexity index is 998. The maximum Gasteiger partial charge on any atom is 0.333 e. The summed E-state index contributed by atoms with van der Waals surface area (Å²) >= 11 is 1.48. The highest BCUT2D eigenvalue weighted by Crippen LogP contribution is 2.41. The SMILES string of the molecule is Cc1c(-c2ccsc2)c(F)cn2c(=O)[nH]c(=O)c(C3CC3)c12. The fourth-order valence-electron chi connectivity index (χ4n) is 3.06. The summed E-state index contributed by atoms with van der Waals surface area (Å²) in [6, 6.07) is 1.84. The molecule has 1 aliphatic carbocycles. The van der Waals surface area contributed by atoms with Crippen molar-refractivity contribution in [1.82, 2.24) is 9.38 Å². The number of aryl methyl sites for hydroxylation is 1. The molecule has 0 aromatic carbocycles. The lowest BCUT2D eigenvalue weighted by Gasteiger charge is -2.13. The van der Waals surface area contributed by atoms with Gasteiger partial charge in [-0.2, -0.15) is 11.3 Å². The number of nitrogens with one attached hydrogen (secondary N) is 1. The standard InChI is InChI=1S/C16H13FN2O2S/c1-8-12(10-4-5-22-7-10)11(17)6-19-14(8)13(9-2-3-9)15(20)18-16(19)21/h4-7,9H,2-3H2,1H3,(H,18,20,21). The second-order valence-electron chi connectivity index (χ2n) is 5.65. The first-order chi connectivity index (χ1) is 10.6. The van der Waals surface area contributed by atoms with Gasteiger partial charge in [0, 0.05) is 11.1 Å². The molecule has 112 valence electrons. The molecule has 0 unspecified atom stereocenters. The summed E-state index contributed by atoms with van der Waals surface area (Å²) in [5.41, 5.74) is 2.10. The van der Waals surface area contributed by atoms with Crippen molar-refractivity contribution in [3.63, 3.8) is 0 Å². The molecule has 0 aliphatic heterocycles. The van der Waals surface area contributed by atoms with Crippen molar-refractivity contribution >= 4 is 16.9 Å². The van der Waals surface area contributed by atoms with E-state index in [4.69, 9.17) is 0 Å². The van der Waals surface area contributed by atoms with Crippen LogP contribution >= 0.6 is 11.3 Å². The van der Waals surface area contributed by atoms with Gasteiger partial charge in [-0.05, 0) is 53.6 Å². The van der Waals surface area contributed by atoms with E-state index >= 15 is 0 Å². The molecule has 0 radical (unpaired) electrons. The molecule has 1 saturated carbocycles. The summed E-state index contributed by atoms with van der Waals surface area (Å²) in [6.45, 7) is 1.77. The number of aromatic amines is 1. The predicted octanol–water partition coefficient (Wildman–Crippen LogP) is 3.04. The van der Waals surface area contributed by atoms with Gasteiger partial charge in [-0.15, -0.1) is 0 Å². The van der Waals surface area contributed by atoms with Crippen LogP contribution in [0.4, 0.5) is 4.39 Å². The first-order valence-electron chi connectivity index (χ1n) is 7.08. The molecule has 4 nitrogen and oxygen atoms in total. The Hall–Kier alpha value is -2.21. The highest BCUT2D eigenvalue weighted by molar-refractivity contribution is 7.08. The first-order valence-corrected chi connectivity index (χ1v) is 8.02. The molecule has 0 saturated heterocycles. The summed E-state index contributed by atoms with van der Waals surface area (Å²) in [5.74, 6) is -0.293. The van der Waals surface area contributed by atoms with E-state index in [1.165, 1.54) is 21.9 Å². The number of nitrogens with zero attached hydrogens (tertiary/aromatic N) is 1. The summed E-state index contributed by atoms with van der Waals surface area (Å²) in [4.78, 5) is 26.5. The third kappa shape index (κ3) is 1.87. The number of fused-ring (bicyclic) bond motifs is 1. The van der Waals surface area contributed by atoms with Crippen molar-refractivity contribution in [2.24, 2.45) is 0 Å². The van der Waals surface area contributed by atoms with Crippen LogP contribution in [0.25, 0.3) is 16.6 Å². The summed E-state index contributed by atoms with van der Waals surface area (Å²) in [5, 5.41) is 3.74. The van der Waals surface area contributed by atoms with Crippen LogP contribution in [0, 0.1) is 12.7 Å². The highest BCUT2D eigenvalue weighted by Gasteiger charge is 2.30. The number of hydrogen-bond acceptors (Lipinski definition) is 3. The predicted molar refractivity (Wildman–Crippen MR) is 84.3 cm³/mol. The highest BCUT2D eigenvalue weighted by atomic mass is 32.1. The normalized spacial score (nSPS) is 14.6. The molecule has 0 spiro atoms. The van der Waals surface area contributed by atoms with Gasteiger partial charge >= 0.3 is 5.69 Å². The van der Waals surface area contributed by atoms with Crippen LogP contribution in [-0.4, -0.2) is 9.38 Å². The number of H-pyrrole nitrogens is 1. The minimum atomic E-state index is -0.594. The molecule has 1 N–H and O–H groups in total. The molecule has 6 heteroatoms. The van der Waals surface area contributed by atoms with Gasteiger partial charge in [0.05, 0.1) is 11.7 Å². The van der Waals surface area contributed by atoms with Crippen molar-refractivity contribution in [2.75, 3.05) is 0 Å². The van der Waals surface area contributed by atoms with Gasteiger partial charge in [0.25, 0.3) is 5.56 Å². The molecule has 0 bridgehead atoms. The number of rotatable bonds is 2. The second-order valence-corrected chi connectivity index (χ2v) is 6.43. The summed E-state index contributed by atoms with van der Waals surface area (Å²) < 4.78 is 15.8. The van der Waals surface area contributed by atoms with Crippen LogP contribution < -0.4 is 11.2 Å². The third-order valence-electron chi connectivity index (χ3n) is 4.19. The molecule has 1 fully saturated rings. The van der Waals surface area contributed by atoms with Gasteiger partial charge in [-0.3, -0.25) is 14.2 Å². The number of aromatic nitrogens is 2. The number of thiophene rings is 1. The van der Waals surface area contributed by atoms with E-state index < -0.39 is 11.5 Å². The van der Waals surface area contributed by atoms with Gasteiger partial charge in [0.1, 0.15) is 5.82 Å². The molecule has 3 aromatic heterocycles. The number of hydrogen-bond donors (Lipinski definition) is 1. The Morgan fingerprint density at radius 3 is 2.77 bits per heavy atom. The fraction of sp³-hybridized carbons (Fsp3) is 0.250. The van der Waals surface area contributed by atoms with Crippen LogP contribution in [-0.2, 0) is 0 Å². The van der Waals surface area contributed by atoms with Gasteiger partial charge in [0.2, 0.25) is 0 Å². The Labute approximate surface area is 128 Å². The van der Waals surface area contributed by atoms with Crippen molar-refractivity contribution in [2.45, 2.75) is 25.7 Å². The summed E-state index contributed by atoms with van der Waals surface area (Å²) in [7, 11) is 0. The fourth-order valence-corrected chi connectivity index (χ4v) is 3.70. The molecule has 0 amide bonds. The second kappa shape index (κ2) is 4.64. The Morgan fingerprint density at radius 2 is 2.14 bits per heavy atom. The molecule has 0 atom stereocenters. The van der Waals surface area contributed by atoms with Gasteiger partial charge < -0.3 is 0 Å². The Morgan fingerprint density at radius 1 is 1.36 bits per heavy atom. The van der Waals surface area contributed by atoms with Gasteiger partial charge in [-0.25, -0.2) is 9.18 Å². The Balaban J connectivity index is 2.20. The largest absolute Gasteiger partial charge is 0.333 e. The smallest absolute Gasteiger partial charge is 0.273 e. The van der Waals surface area contributed by atoms with Crippen LogP contribution in [0.2, 0.25) is 0 Å². The van der Waals surface area contributed by atoms with Crippen molar-refractivity contribution in [3.8, 4) is 11.1 Å². The van der Waals surface area contributed by atoms with E-state index in [1.807, 2.05) is 16.8 Å². The van der Waals surface area contributed by atoms with Gasteiger partial charge in [-0.1, -0.05) is 0 Å². The zero-order valence-corrected chi connectivity index (χ0v) is 12.7. The number of pyridine rings is 1. The Kier molecular flexibility index (Phi) is 2.84. The van der Waals surface area contributed by atoms with Crippen LogP contribution in [0.5, 0.6) is 0 Å². The molecule has 3 aromatic rings. The third-order valence-corrected chi connectivity index (χ3v) is 4.87. The summed E-state index contributed by atoms with van der Waals surface area (Å²) in [6.07, 6.45) is 3.04. The zero-order valence-electron chi connectivity index (χ0n) is 11.9. The monoisotopic (exact) mass is 316 g/mol. The zero-order chi connectivity index (χ0) is 15.4. The van der Waals surface area contributed by atoms with E-state index in [0.29, 0.717) is 22.2 Å². The molecule has 4 rings (SSSR count). The molecule has 1 aliphatic rings. The molecule has 3 heterocycles. The lowest BCUT2D eigenvalue weighted by molar-refractivity contribution is 0.618. The number of halogens is 1. The van der Waals surface area contributed by atoms with E-state index in [-0.39, 0.29) is 11.5 Å². The lowest BCUT2D eigenvalue weighted by Crippen LogP contribution is -2.29. The lowest BCUT2D eigenvalue weighted by atomic mass is 9.99. The van der Waals surface area contributed by atoms with Crippen molar-refractivity contribution in [3.05, 3.63) is 60.8 Å². The van der Waals surface area contributed by atoms with E-state index in [0.717, 1.165) is 18.4 Å². The maximum absolute atomic E-state index is 14.5. The van der Waals surface area contributed by atoms with Crippen molar-refractivity contribution < 1.29 is 4.39 Å². The molecule has 22 heavy (non-hydrogen) atoms. The molecular weight excluding hydrogens is 303 g/mol. The maximum atomic E-state index is 14.5. The first kappa shape index (κ1) is 13.5. The average molecular weight is 316 g/mol. The van der Waals surface area contributed by atoms with Crippen molar-refractivity contribution in [1.29, 1.82) is 0 Å². The van der Waals surface area contributed by atoms with E-state index in [2.05, 4.69) is 4.98 Å². The average Bonchev–Trinajstić information content (AvgIpc) is 3.16. The van der Waals surface area contributed by atoms with Crippen LogP contribution in [0.15, 0.2) is 32.6 Å². The topological polar surface area (TPSA) is 54.3 Å². The minimum Gasteiger partial charge on any atom is -0.273 e. The molecular formula is C16H13FN2O2S.